The fourth-order valence-electron chi connectivity index (χ4n) is 2.73. The molecule has 2 rings (SSSR count). The van der Waals surface area contributed by atoms with Crippen molar-refractivity contribution >= 4 is 17.3 Å². The summed E-state index contributed by atoms with van der Waals surface area (Å²) >= 11 is 0. The molecule has 1 fully saturated rings. The molecule has 0 spiro atoms. The Kier molecular flexibility index (Phi) is 5.32. The Bertz CT molecular complexity index is 554. The second kappa shape index (κ2) is 7.22. The largest absolute Gasteiger partial charge is 0.393 e. The predicted octanol–water partition coefficient (Wildman–Crippen LogP) is 1.78. The molecular weight excluding hydrogens is 284 g/mol. The van der Waals surface area contributed by atoms with Crippen molar-refractivity contribution in [3.63, 3.8) is 0 Å². The van der Waals surface area contributed by atoms with E-state index >= 15 is 0 Å². The maximum absolute atomic E-state index is 12.2. The Morgan fingerprint density at radius 1 is 1.45 bits per heavy atom. The molecule has 1 heterocycles. The number of piperidine rings is 1. The van der Waals surface area contributed by atoms with Crippen molar-refractivity contribution in [2.24, 2.45) is 0 Å². The van der Waals surface area contributed by atoms with Gasteiger partial charge in [0.25, 0.3) is 11.6 Å². The number of nitrogens with one attached hydrogen (secondary N) is 1. The zero-order valence-corrected chi connectivity index (χ0v) is 12.7. The summed E-state index contributed by atoms with van der Waals surface area (Å²) in [5, 5.41) is 13.8. The summed E-state index contributed by atoms with van der Waals surface area (Å²) in [6, 6.07) is 4.27. The van der Waals surface area contributed by atoms with Crippen LogP contribution in [-0.4, -0.2) is 41.4 Å². The van der Waals surface area contributed by atoms with Crippen molar-refractivity contribution < 1.29 is 9.72 Å². The summed E-state index contributed by atoms with van der Waals surface area (Å²) in [5.74, 6) is -0.281. The van der Waals surface area contributed by atoms with Gasteiger partial charge in [0.2, 0.25) is 0 Å². The summed E-state index contributed by atoms with van der Waals surface area (Å²) in [5.41, 5.74) is 5.65. The Balaban J connectivity index is 1.96. The van der Waals surface area contributed by atoms with Gasteiger partial charge in [-0.15, -0.1) is 0 Å². The molecule has 0 unspecified atom stereocenters. The number of nitrogens with two attached hydrogens (primary N) is 1. The van der Waals surface area contributed by atoms with E-state index in [4.69, 9.17) is 5.73 Å². The Hall–Kier alpha value is -2.15. The molecule has 1 saturated heterocycles. The van der Waals surface area contributed by atoms with Crippen LogP contribution in [0.15, 0.2) is 18.2 Å². The van der Waals surface area contributed by atoms with Gasteiger partial charge in [-0.05, 0) is 37.9 Å². The van der Waals surface area contributed by atoms with E-state index in [0.717, 1.165) is 38.9 Å². The third kappa shape index (κ3) is 3.94. The van der Waals surface area contributed by atoms with Crippen LogP contribution in [0.3, 0.4) is 0 Å². The van der Waals surface area contributed by atoms with Crippen molar-refractivity contribution in [2.75, 3.05) is 25.4 Å². The number of carbonyl (C=O) groups excluding carboxylic acids is 1. The van der Waals surface area contributed by atoms with E-state index in [1.807, 2.05) is 0 Å². The van der Waals surface area contributed by atoms with Gasteiger partial charge in [-0.25, -0.2) is 0 Å². The highest BCUT2D eigenvalue weighted by atomic mass is 16.6. The number of likely N-dealkylation sites (tertiary alicyclic amines) is 1. The molecule has 1 aliphatic heterocycles. The second-order valence-electron chi connectivity index (χ2n) is 5.62. The molecule has 3 N–H and O–H groups in total. The van der Waals surface area contributed by atoms with Crippen LogP contribution in [0.2, 0.25) is 0 Å². The van der Waals surface area contributed by atoms with Crippen LogP contribution >= 0.6 is 0 Å². The van der Waals surface area contributed by atoms with E-state index in [-0.39, 0.29) is 28.9 Å². The van der Waals surface area contributed by atoms with E-state index in [2.05, 4.69) is 17.1 Å². The number of nitro groups is 1. The van der Waals surface area contributed by atoms with Gasteiger partial charge in [0, 0.05) is 30.8 Å². The van der Waals surface area contributed by atoms with Crippen molar-refractivity contribution in [2.45, 2.75) is 32.2 Å². The topological polar surface area (TPSA) is 102 Å². The van der Waals surface area contributed by atoms with Gasteiger partial charge in [-0.2, -0.15) is 0 Å². The van der Waals surface area contributed by atoms with Gasteiger partial charge in [-0.3, -0.25) is 14.9 Å². The molecule has 1 amide bonds. The lowest BCUT2D eigenvalue weighted by atomic mass is 10.0. The molecule has 1 aromatic carbocycles. The molecular formula is C15H22N4O3. The van der Waals surface area contributed by atoms with Crippen LogP contribution in [0.1, 0.15) is 36.5 Å². The van der Waals surface area contributed by atoms with Crippen molar-refractivity contribution in [3.05, 3.63) is 33.9 Å². The number of benzene rings is 1. The number of carbonyl (C=O) groups is 1. The maximum atomic E-state index is 12.2. The molecule has 22 heavy (non-hydrogen) atoms. The molecule has 1 aliphatic rings. The minimum absolute atomic E-state index is 0.0643. The molecule has 0 aromatic heterocycles. The summed E-state index contributed by atoms with van der Waals surface area (Å²) in [6.45, 7) is 5.19. The zero-order valence-electron chi connectivity index (χ0n) is 12.7. The molecule has 0 saturated carbocycles. The lowest BCUT2D eigenvalue weighted by molar-refractivity contribution is -0.383. The summed E-state index contributed by atoms with van der Waals surface area (Å²) in [6.07, 6.45) is 2.94. The van der Waals surface area contributed by atoms with Crippen LogP contribution in [0, 0.1) is 10.1 Å². The van der Waals surface area contributed by atoms with E-state index < -0.39 is 4.92 Å². The first-order chi connectivity index (χ1) is 10.5. The van der Waals surface area contributed by atoms with E-state index in [1.165, 1.54) is 18.2 Å². The van der Waals surface area contributed by atoms with E-state index in [9.17, 15) is 14.9 Å². The standard InChI is InChI=1S/C15H22N4O3/c1-2-7-18-8-5-12(6-9-18)17-15(20)11-3-4-13(16)14(10-11)19(21)22/h3-4,10,12H,2,5-9,16H2,1H3,(H,17,20). The second-order valence-corrected chi connectivity index (χ2v) is 5.62. The fraction of sp³-hybridized carbons (Fsp3) is 0.533. The number of rotatable bonds is 5. The van der Waals surface area contributed by atoms with Crippen LogP contribution in [-0.2, 0) is 0 Å². The molecule has 0 radical (unpaired) electrons. The first-order valence-corrected chi connectivity index (χ1v) is 7.58. The highest BCUT2D eigenvalue weighted by Gasteiger charge is 2.22. The van der Waals surface area contributed by atoms with Gasteiger partial charge in [0.05, 0.1) is 4.92 Å². The van der Waals surface area contributed by atoms with E-state index in [1.54, 1.807) is 0 Å². The maximum Gasteiger partial charge on any atom is 0.292 e. The molecule has 7 nitrogen and oxygen atoms in total. The number of hydrogen-bond donors (Lipinski definition) is 2. The Morgan fingerprint density at radius 3 is 2.73 bits per heavy atom. The molecule has 120 valence electrons. The van der Waals surface area contributed by atoms with Gasteiger partial charge in [0.15, 0.2) is 0 Å². The summed E-state index contributed by atoms with van der Waals surface area (Å²) in [7, 11) is 0. The monoisotopic (exact) mass is 306 g/mol. The third-order valence-corrected chi connectivity index (χ3v) is 3.95. The lowest BCUT2D eigenvalue weighted by Crippen LogP contribution is -2.44. The normalized spacial score (nSPS) is 16.4. The minimum atomic E-state index is -0.574. The quantitative estimate of drug-likeness (QED) is 0.490. The van der Waals surface area contributed by atoms with Crippen LogP contribution in [0.25, 0.3) is 0 Å². The van der Waals surface area contributed by atoms with Crippen LogP contribution in [0.4, 0.5) is 11.4 Å². The number of nitrogen functional groups attached to an aromatic ring is 1. The minimum Gasteiger partial charge on any atom is -0.393 e. The number of nitrogens with zero attached hydrogens (tertiary/aromatic N) is 2. The van der Waals surface area contributed by atoms with Gasteiger partial charge >= 0.3 is 0 Å². The van der Waals surface area contributed by atoms with Crippen molar-refractivity contribution in [1.29, 1.82) is 0 Å². The number of hydrogen-bond acceptors (Lipinski definition) is 5. The van der Waals surface area contributed by atoms with Crippen molar-refractivity contribution in [3.8, 4) is 0 Å². The van der Waals surface area contributed by atoms with Gasteiger partial charge < -0.3 is 16.0 Å². The smallest absolute Gasteiger partial charge is 0.292 e. The average molecular weight is 306 g/mol. The summed E-state index contributed by atoms with van der Waals surface area (Å²) < 4.78 is 0. The Morgan fingerprint density at radius 2 is 2.14 bits per heavy atom. The third-order valence-electron chi connectivity index (χ3n) is 3.95. The van der Waals surface area contributed by atoms with Crippen LogP contribution < -0.4 is 11.1 Å². The highest BCUT2D eigenvalue weighted by Crippen LogP contribution is 2.22. The molecule has 0 bridgehead atoms. The predicted molar refractivity (Wildman–Crippen MR) is 84.7 cm³/mol. The van der Waals surface area contributed by atoms with Crippen molar-refractivity contribution in [1.82, 2.24) is 10.2 Å². The average Bonchev–Trinajstić information content (AvgIpc) is 2.49. The lowest BCUT2D eigenvalue weighted by Gasteiger charge is -2.32. The molecule has 0 aliphatic carbocycles. The highest BCUT2D eigenvalue weighted by molar-refractivity contribution is 5.95. The fourth-order valence-corrected chi connectivity index (χ4v) is 2.73. The molecule has 0 atom stereocenters. The molecule has 7 heteroatoms. The zero-order chi connectivity index (χ0) is 16.1. The number of anilines is 1. The van der Waals surface area contributed by atoms with Gasteiger partial charge in [0.1, 0.15) is 5.69 Å². The number of nitro benzene ring substituents is 1. The van der Waals surface area contributed by atoms with E-state index in [0.29, 0.717) is 0 Å². The number of amides is 1. The SMILES string of the molecule is CCCN1CCC(NC(=O)c2ccc(N)c([N+](=O)[O-])c2)CC1. The first kappa shape index (κ1) is 16.2. The first-order valence-electron chi connectivity index (χ1n) is 7.58. The summed E-state index contributed by atoms with van der Waals surface area (Å²) in [4.78, 5) is 24.9. The van der Waals surface area contributed by atoms with Crippen LogP contribution in [0.5, 0.6) is 0 Å². The molecule has 1 aromatic rings. The Labute approximate surface area is 129 Å². The van der Waals surface area contributed by atoms with Gasteiger partial charge in [-0.1, -0.05) is 6.92 Å².